The van der Waals surface area contributed by atoms with Crippen LogP contribution in [0.3, 0.4) is 0 Å². The number of hydrogen-bond donors (Lipinski definition) is 4. The normalized spacial score (nSPS) is 12.6. The first-order chi connectivity index (χ1) is 7.98. The summed E-state index contributed by atoms with van der Waals surface area (Å²) in [7, 11) is -2.15. The number of oxime groups is 1. The highest BCUT2D eigenvalue weighted by molar-refractivity contribution is 7.87. The summed E-state index contributed by atoms with van der Waals surface area (Å²) in [5, 5.41) is 11.4. The third kappa shape index (κ3) is 4.02. The first kappa shape index (κ1) is 13.4. The number of hydrogen-bond acceptors (Lipinski definition) is 4. The van der Waals surface area contributed by atoms with Crippen molar-refractivity contribution in [3.63, 3.8) is 0 Å². The van der Waals surface area contributed by atoms with E-state index in [9.17, 15) is 8.42 Å². The molecule has 0 heterocycles. The quantitative estimate of drug-likeness (QED) is 0.242. The van der Waals surface area contributed by atoms with Gasteiger partial charge in [0.25, 0.3) is 10.2 Å². The Morgan fingerprint density at radius 3 is 2.82 bits per heavy atom. The molecule has 1 aromatic carbocycles. The minimum absolute atomic E-state index is 0.0247. The van der Waals surface area contributed by atoms with Gasteiger partial charge in [0, 0.05) is 19.2 Å². The molecule has 0 spiro atoms. The van der Waals surface area contributed by atoms with E-state index >= 15 is 0 Å². The van der Waals surface area contributed by atoms with Gasteiger partial charge in [-0.15, -0.1) is 0 Å². The van der Waals surface area contributed by atoms with E-state index in [0.717, 1.165) is 0 Å². The van der Waals surface area contributed by atoms with Crippen molar-refractivity contribution in [2.75, 3.05) is 7.05 Å². The molecule has 0 aliphatic rings. The van der Waals surface area contributed by atoms with Crippen LogP contribution in [0.15, 0.2) is 29.4 Å². The van der Waals surface area contributed by atoms with Crippen LogP contribution < -0.4 is 15.2 Å². The summed E-state index contributed by atoms with van der Waals surface area (Å²) in [4.78, 5) is 0. The predicted molar refractivity (Wildman–Crippen MR) is 63.8 cm³/mol. The fourth-order valence-corrected chi connectivity index (χ4v) is 1.65. The Balaban J connectivity index is 2.80. The highest BCUT2D eigenvalue weighted by Crippen LogP contribution is 2.05. The van der Waals surface area contributed by atoms with E-state index in [1.165, 1.54) is 7.05 Å². The molecule has 1 aromatic rings. The van der Waals surface area contributed by atoms with E-state index in [2.05, 4.69) is 14.6 Å². The summed E-state index contributed by atoms with van der Waals surface area (Å²) in [5.41, 5.74) is 6.64. The molecule has 94 valence electrons. The van der Waals surface area contributed by atoms with Crippen molar-refractivity contribution in [1.82, 2.24) is 9.44 Å². The second kappa shape index (κ2) is 5.62. The monoisotopic (exact) mass is 258 g/mol. The molecule has 0 amide bonds. The largest absolute Gasteiger partial charge is 0.409 e. The molecule has 0 saturated heterocycles. The molecule has 0 aliphatic heterocycles. The lowest BCUT2D eigenvalue weighted by atomic mass is 10.1. The molecule has 0 unspecified atom stereocenters. The predicted octanol–water partition coefficient (Wildman–Crippen LogP) is -0.665. The molecule has 0 bridgehead atoms. The van der Waals surface area contributed by atoms with Crippen LogP contribution in [0.5, 0.6) is 0 Å². The third-order valence-corrected chi connectivity index (χ3v) is 3.13. The molecular formula is C9H14N4O3S. The van der Waals surface area contributed by atoms with Crippen molar-refractivity contribution < 1.29 is 13.6 Å². The van der Waals surface area contributed by atoms with Crippen molar-refractivity contribution in [3.8, 4) is 0 Å². The number of nitrogens with zero attached hydrogens (tertiary/aromatic N) is 1. The Morgan fingerprint density at radius 2 is 2.24 bits per heavy atom. The van der Waals surface area contributed by atoms with E-state index in [-0.39, 0.29) is 12.4 Å². The Hall–Kier alpha value is -1.64. The Bertz CT molecular complexity index is 513. The molecule has 0 aliphatic carbocycles. The second-order valence-corrected chi connectivity index (χ2v) is 4.92. The zero-order valence-corrected chi connectivity index (χ0v) is 10.0. The zero-order chi connectivity index (χ0) is 12.9. The SMILES string of the molecule is CNS(=O)(=O)NCc1cccc(/C(N)=N/O)c1. The van der Waals surface area contributed by atoms with Gasteiger partial charge in [0.15, 0.2) is 5.84 Å². The van der Waals surface area contributed by atoms with Crippen LogP contribution >= 0.6 is 0 Å². The van der Waals surface area contributed by atoms with Gasteiger partial charge in [-0.2, -0.15) is 13.1 Å². The van der Waals surface area contributed by atoms with Gasteiger partial charge in [-0.3, -0.25) is 0 Å². The molecule has 0 radical (unpaired) electrons. The topological polar surface area (TPSA) is 117 Å². The van der Waals surface area contributed by atoms with E-state index in [4.69, 9.17) is 10.9 Å². The van der Waals surface area contributed by atoms with Crippen LogP contribution in [0.2, 0.25) is 0 Å². The maximum atomic E-state index is 11.1. The van der Waals surface area contributed by atoms with Crippen molar-refractivity contribution in [1.29, 1.82) is 0 Å². The Morgan fingerprint density at radius 1 is 1.53 bits per heavy atom. The van der Waals surface area contributed by atoms with Gasteiger partial charge < -0.3 is 10.9 Å². The molecule has 0 saturated carbocycles. The van der Waals surface area contributed by atoms with Crippen LogP contribution in [0.4, 0.5) is 0 Å². The lowest BCUT2D eigenvalue weighted by Crippen LogP contribution is -2.33. The van der Waals surface area contributed by atoms with Crippen molar-refractivity contribution in [3.05, 3.63) is 35.4 Å². The van der Waals surface area contributed by atoms with E-state index in [1.54, 1.807) is 24.3 Å². The summed E-state index contributed by atoms with van der Waals surface area (Å²) < 4.78 is 26.7. The van der Waals surface area contributed by atoms with E-state index < -0.39 is 10.2 Å². The summed E-state index contributed by atoms with van der Waals surface area (Å²) in [6.45, 7) is 0.121. The van der Waals surface area contributed by atoms with Crippen LogP contribution in [0, 0.1) is 0 Å². The van der Waals surface area contributed by atoms with Crippen molar-refractivity contribution >= 4 is 16.0 Å². The van der Waals surface area contributed by atoms with Gasteiger partial charge in [-0.25, -0.2) is 4.72 Å². The van der Waals surface area contributed by atoms with Crippen molar-refractivity contribution in [2.24, 2.45) is 10.9 Å². The Labute approximate surface area is 99.5 Å². The van der Waals surface area contributed by atoms with Crippen LogP contribution in [0.1, 0.15) is 11.1 Å². The van der Waals surface area contributed by atoms with Gasteiger partial charge in [0.05, 0.1) is 0 Å². The Kier molecular flexibility index (Phi) is 4.44. The average Bonchev–Trinajstić information content (AvgIpc) is 2.36. The van der Waals surface area contributed by atoms with Crippen LogP contribution in [-0.4, -0.2) is 26.5 Å². The smallest absolute Gasteiger partial charge is 0.276 e. The van der Waals surface area contributed by atoms with Crippen molar-refractivity contribution in [2.45, 2.75) is 6.54 Å². The fraction of sp³-hybridized carbons (Fsp3) is 0.222. The van der Waals surface area contributed by atoms with Crippen LogP contribution in [-0.2, 0) is 16.8 Å². The summed E-state index contributed by atoms with van der Waals surface area (Å²) in [5.74, 6) is -0.0247. The van der Waals surface area contributed by atoms with Gasteiger partial charge in [0.1, 0.15) is 0 Å². The standard InChI is InChI=1S/C9H14N4O3S/c1-11-17(15,16)12-6-7-3-2-4-8(5-7)9(10)13-14/h2-5,11-12,14H,6H2,1H3,(H2,10,13). The molecule has 8 heteroatoms. The molecule has 1 rings (SSSR count). The fourth-order valence-electron chi connectivity index (χ4n) is 1.15. The third-order valence-electron chi connectivity index (χ3n) is 2.07. The first-order valence-electron chi connectivity index (χ1n) is 4.73. The molecular weight excluding hydrogens is 244 g/mol. The number of rotatable bonds is 5. The summed E-state index contributed by atoms with van der Waals surface area (Å²) in [6, 6.07) is 6.71. The number of amidine groups is 1. The minimum Gasteiger partial charge on any atom is -0.409 e. The minimum atomic E-state index is -3.47. The lowest BCUT2D eigenvalue weighted by Gasteiger charge is -2.06. The summed E-state index contributed by atoms with van der Waals surface area (Å²) in [6.07, 6.45) is 0. The molecule has 17 heavy (non-hydrogen) atoms. The molecule has 5 N–H and O–H groups in total. The number of nitrogens with one attached hydrogen (secondary N) is 2. The highest BCUT2D eigenvalue weighted by atomic mass is 32.2. The molecule has 0 aromatic heterocycles. The second-order valence-electron chi connectivity index (χ2n) is 3.21. The zero-order valence-electron chi connectivity index (χ0n) is 9.21. The summed E-state index contributed by atoms with van der Waals surface area (Å²) >= 11 is 0. The van der Waals surface area contributed by atoms with Crippen LogP contribution in [0.25, 0.3) is 0 Å². The lowest BCUT2D eigenvalue weighted by molar-refractivity contribution is 0.318. The molecule has 7 nitrogen and oxygen atoms in total. The maximum Gasteiger partial charge on any atom is 0.276 e. The van der Waals surface area contributed by atoms with E-state index in [1.807, 2.05) is 0 Å². The number of benzene rings is 1. The maximum absolute atomic E-state index is 11.1. The first-order valence-corrected chi connectivity index (χ1v) is 6.22. The van der Waals surface area contributed by atoms with Gasteiger partial charge in [-0.05, 0) is 11.6 Å². The molecule has 0 fully saturated rings. The van der Waals surface area contributed by atoms with E-state index in [0.29, 0.717) is 11.1 Å². The average molecular weight is 258 g/mol. The molecule has 0 atom stereocenters. The van der Waals surface area contributed by atoms with Gasteiger partial charge >= 0.3 is 0 Å². The van der Waals surface area contributed by atoms with Gasteiger partial charge in [0.2, 0.25) is 0 Å². The number of nitrogens with two attached hydrogens (primary N) is 1. The highest BCUT2D eigenvalue weighted by Gasteiger charge is 2.06. The van der Waals surface area contributed by atoms with Gasteiger partial charge in [-0.1, -0.05) is 23.4 Å².